The van der Waals surface area contributed by atoms with Crippen molar-refractivity contribution in [3.05, 3.63) is 119 Å². The molecule has 0 aliphatic carbocycles. The normalized spacial score (nSPS) is 15.9. The topological polar surface area (TPSA) is 45.1 Å². The first kappa shape index (κ1) is 27.8. The molecule has 5 aromatic rings. The van der Waals surface area contributed by atoms with Crippen LogP contribution in [0.5, 0.6) is 17.2 Å². The van der Waals surface area contributed by atoms with Gasteiger partial charge in [0.2, 0.25) is 0 Å². The number of methoxy groups -OCH3 is 2. The molecule has 0 N–H and O–H groups in total. The van der Waals surface area contributed by atoms with Gasteiger partial charge in [0.25, 0.3) is 0 Å². The van der Waals surface area contributed by atoms with Crippen LogP contribution in [-0.4, -0.2) is 30.2 Å². The van der Waals surface area contributed by atoms with Crippen molar-refractivity contribution in [2.24, 2.45) is 0 Å². The highest BCUT2D eigenvalue weighted by Crippen LogP contribution is 2.45. The van der Waals surface area contributed by atoms with E-state index in [1.807, 2.05) is 24.3 Å². The van der Waals surface area contributed by atoms with Crippen molar-refractivity contribution < 1.29 is 22.8 Å². The van der Waals surface area contributed by atoms with Crippen LogP contribution in [0.4, 0.5) is 4.39 Å². The summed E-state index contributed by atoms with van der Waals surface area (Å²) in [6.07, 6.45) is 1.82. The van der Waals surface area contributed by atoms with E-state index in [2.05, 4.69) is 45.9 Å². The molecule has 2 aliphatic rings. The lowest BCUT2D eigenvalue weighted by Crippen LogP contribution is -2.40. The summed E-state index contributed by atoms with van der Waals surface area (Å²) in [6, 6.07) is 27.4. The molecule has 0 fully saturated rings. The second kappa shape index (κ2) is 12.0. The third-order valence-electron chi connectivity index (χ3n) is 8.53. The summed E-state index contributed by atoms with van der Waals surface area (Å²) < 4.78 is 39.5. The number of fused-ring (bicyclic) bond motifs is 6. The minimum Gasteiger partial charge on any atom is -0.497 e. The molecule has 1 atom stereocenters. The molecule has 1 aromatic heterocycles. The van der Waals surface area contributed by atoms with Gasteiger partial charge in [-0.25, -0.2) is 4.39 Å². The average molecular weight is 597 g/mol. The largest absolute Gasteiger partial charge is 0.497 e. The number of hydrogen-bond donors (Lipinski definition) is 0. The van der Waals surface area contributed by atoms with Crippen LogP contribution in [0.15, 0.2) is 89.8 Å². The van der Waals surface area contributed by atoms with Crippen LogP contribution in [0, 0.1) is 5.82 Å². The van der Waals surface area contributed by atoms with Gasteiger partial charge in [0.15, 0.2) is 11.5 Å². The zero-order valence-electron chi connectivity index (χ0n) is 24.2. The number of halogens is 1. The van der Waals surface area contributed by atoms with Gasteiger partial charge in [-0.1, -0.05) is 30.3 Å². The lowest BCUT2D eigenvalue weighted by molar-refractivity contribution is 0.151. The summed E-state index contributed by atoms with van der Waals surface area (Å²) in [5.41, 5.74) is 7.43. The molecule has 3 heterocycles. The predicted molar refractivity (Wildman–Crippen MR) is 166 cm³/mol. The number of benzene rings is 4. The molecular formula is C35H33FN2O4S. The Morgan fingerprint density at radius 2 is 1.74 bits per heavy atom. The predicted octanol–water partition coefficient (Wildman–Crippen LogP) is 7.71. The van der Waals surface area contributed by atoms with Crippen molar-refractivity contribution in [2.45, 2.75) is 43.7 Å². The van der Waals surface area contributed by atoms with E-state index in [0.717, 1.165) is 59.2 Å². The van der Waals surface area contributed by atoms with Gasteiger partial charge in [0.05, 0.1) is 19.7 Å². The van der Waals surface area contributed by atoms with Gasteiger partial charge in [0, 0.05) is 47.1 Å². The molecule has 4 aromatic carbocycles. The van der Waals surface area contributed by atoms with Gasteiger partial charge in [0.1, 0.15) is 24.9 Å². The number of rotatable bonds is 9. The van der Waals surface area contributed by atoms with Crippen LogP contribution in [-0.2, 0) is 36.9 Å². The first-order chi connectivity index (χ1) is 21.1. The maximum atomic E-state index is 13.4. The second-order valence-electron chi connectivity index (χ2n) is 10.9. The zero-order chi connectivity index (χ0) is 29.3. The first-order valence-corrected chi connectivity index (χ1v) is 15.2. The van der Waals surface area contributed by atoms with Crippen molar-refractivity contribution in [3.63, 3.8) is 0 Å². The van der Waals surface area contributed by atoms with Gasteiger partial charge in [-0.15, -0.1) is 0 Å². The average Bonchev–Trinajstić information content (AvgIpc) is 3.35. The maximum absolute atomic E-state index is 13.4. The fraction of sp³-hybridized carbons (Fsp3) is 0.257. The van der Waals surface area contributed by atoms with E-state index in [1.54, 1.807) is 26.4 Å². The highest BCUT2D eigenvalue weighted by atomic mass is 32.2. The van der Waals surface area contributed by atoms with Crippen molar-refractivity contribution in [3.8, 4) is 17.2 Å². The maximum Gasteiger partial charge on any atom is 0.162 e. The molecule has 0 saturated heterocycles. The summed E-state index contributed by atoms with van der Waals surface area (Å²) in [7, 11) is 3.41. The Morgan fingerprint density at radius 3 is 2.53 bits per heavy atom. The molecule has 0 saturated carbocycles. The smallest absolute Gasteiger partial charge is 0.162 e. The fourth-order valence-electron chi connectivity index (χ4n) is 6.36. The summed E-state index contributed by atoms with van der Waals surface area (Å²) in [5, 5.41) is 1.19. The third kappa shape index (κ3) is 5.46. The lowest BCUT2D eigenvalue weighted by Gasteiger charge is -2.41. The molecule has 6 nitrogen and oxygen atoms in total. The molecule has 0 amide bonds. The van der Waals surface area contributed by atoms with E-state index in [4.69, 9.17) is 18.4 Å². The van der Waals surface area contributed by atoms with Crippen molar-refractivity contribution in [2.75, 3.05) is 20.8 Å². The molecular weight excluding hydrogens is 563 g/mol. The second-order valence-corrected chi connectivity index (χ2v) is 11.8. The lowest BCUT2D eigenvalue weighted by atomic mass is 9.85. The van der Waals surface area contributed by atoms with Crippen LogP contribution in [0.3, 0.4) is 0 Å². The van der Waals surface area contributed by atoms with Gasteiger partial charge in [-0.2, -0.15) is 0 Å². The van der Waals surface area contributed by atoms with Crippen molar-refractivity contribution >= 4 is 22.9 Å². The Bertz CT molecular complexity index is 1760. The molecule has 2 aliphatic heterocycles. The van der Waals surface area contributed by atoms with Crippen molar-refractivity contribution in [1.82, 2.24) is 9.47 Å². The van der Waals surface area contributed by atoms with Crippen LogP contribution in [0.25, 0.3) is 10.9 Å². The Kier molecular flexibility index (Phi) is 7.74. The molecule has 7 rings (SSSR count). The Labute approximate surface area is 255 Å². The highest BCUT2D eigenvalue weighted by molar-refractivity contribution is 7.94. The van der Waals surface area contributed by atoms with Gasteiger partial charge >= 0.3 is 0 Å². The molecule has 0 spiro atoms. The number of hydrogen-bond acceptors (Lipinski definition) is 6. The van der Waals surface area contributed by atoms with E-state index in [9.17, 15) is 4.39 Å². The van der Waals surface area contributed by atoms with Crippen LogP contribution in [0.2, 0.25) is 0 Å². The van der Waals surface area contributed by atoms with E-state index in [-0.39, 0.29) is 11.9 Å². The number of aromatic nitrogens is 1. The van der Waals surface area contributed by atoms with Crippen LogP contribution < -0.4 is 14.2 Å². The van der Waals surface area contributed by atoms with E-state index >= 15 is 0 Å². The summed E-state index contributed by atoms with van der Waals surface area (Å²) >= 11 is 1.26. The molecule has 43 heavy (non-hydrogen) atoms. The van der Waals surface area contributed by atoms with Crippen LogP contribution >= 0.6 is 12.0 Å². The minimum atomic E-state index is -0.255. The van der Waals surface area contributed by atoms with Crippen LogP contribution in [0.1, 0.15) is 34.0 Å². The monoisotopic (exact) mass is 596 g/mol. The summed E-state index contributed by atoms with van der Waals surface area (Å²) in [6.45, 7) is 2.63. The van der Waals surface area contributed by atoms with Crippen molar-refractivity contribution in [1.29, 1.82) is 0 Å². The summed E-state index contributed by atoms with van der Waals surface area (Å²) in [5.74, 6) is 2.13. The minimum absolute atomic E-state index is 0.223. The van der Waals surface area contributed by atoms with Gasteiger partial charge < -0.3 is 18.8 Å². The fourth-order valence-corrected chi connectivity index (χ4v) is 6.90. The molecule has 1 unspecified atom stereocenters. The number of ether oxygens (including phenoxy) is 3. The van der Waals surface area contributed by atoms with Gasteiger partial charge in [-0.3, -0.25) is 9.08 Å². The standard InChI is InChI=1S/C35H33FN2O4S/c1-39-26-10-13-31-29(17-26)30-18-32-28-19-35(41-21-23-6-4-3-5-7-23)34(40-2)16-24(28)14-15-37(32)20-33(30)38(31)22-42-43-27-11-8-25(36)9-12-27/h3-13,16-17,19,32H,14-15,18,20-22H2,1-2H3. The molecule has 220 valence electrons. The Morgan fingerprint density at radius 1 is 0.907 bits per heavy atom. The Balaban J connectivity index is 1.21. The van der Waals surface area contributed by atoms with E-state index in [1.165, 1.54) is 51.9 Å². The summed E-state index contributed by atoms with van der Waals surface area (Å²) in [4.78, 5) is 3.43. The van der Waals surface area contributed by atoms with E-state index in [0.29, 0.717) is 13.3 Å². The van der Waals surface area contributed by atoms with Gasteiger partial charge in [-0.05, 0) is 89.7 Å². The van der Waals surface area contributed by atoms with E-state index < -0.39 is 0 Å². The quantitative estimate of drug-likeness (QED) is 0.162. The number of nitrogens with zero attached hydrogens (tertiary/aromatic N) is 2. The third-order valence-corrected chi connectivity index (χ3v) is 9.21. The SMILES string of the molecule is COc1ccc2c(c1)c1c(n2COSc2ccc(F)cc2)CN2CCc3cc(OC)c(OCc4ccccc4)cc3C2C1. The zero-order valence-corrected chi connectivity index (χ0v) is 25.0. The first-order valence-electron chi connectivity index (χ1n) is 14.5. The Hall–Kier alpha value is -3.98. The molecule has 0 bridgehead atoms. The molecule has 0 radical (unpaired) electrons. The highest BCUT2D eigenvalue weighted by Gasteiger charge is 2.36. The molecule has 8 heteroatoms.